The summed E-state index contributed by atoms with van der Waals surface area (Å²) in [5.74, 6) is 0.540. The lowest BCUT2D eigenvalue weighted by atomic mass is 9.97. The molecule has 2 aromatic rings. The topological polar surface area (TPSA) is 69.8 Å². The maximum Gasteiger partial charge on any atom is 0.229 e. The summed E-state index contributed by atoms with van der Waals surface area (Å²) in [6.07, 6.45) is 3.43. The van der Waals surface area contributed by atoms with Crippen molar-refractivity contribution in [3.8, 4) is 11.3 Å². The molecule has 1 aromatic carbocycles. The fourth-order valence-electron chi connectivity index (χ4n) is 2.54. The molecular weight excluding hydrogens is 252 g/mol. The molecule has 0 unspecified atom stereocenters. The lowest BCUT2D eigenvalue weighted by Crippen LogP contribution is -2.27. The number of aromatic nitrogens is 2. The number of hydrogen-bond acceptors (Lipinski definition) is 3. The summed E-state index contributed by atoms with van der Waals surface area (Å²) in [4.78, 5) is 19.2. The standard InChI is InChI=1S/C15H18N4O/c1-10-6-16-7-13(10)15(20)19-12-4-2-11(3-5-12)14-8-17-9-18-14/h2-5,8-10,13,16H,6-7H2,1H3,(H,17,18)(H,19,20)/t10-,13-/m1/s1. The Bertz CT molecular complexity index is 576. The van der Waals surface area contributed by atoms with Crippen molar-refractivity contribution in [2.45, 2.75) is 6.92 Å². The summed E-state index contributed by atoms with van der Waals surface area (Å²) in [6, 6.07) is 7.78. The molecule has 2 atom stereocenters. The van der Waals surface area contributed by atoms with E-state index >= 15 is 0 Å². The van der Waals surface area contributed by atoms with Crippen LogP contribution in [0.5, 0.6) is 0 Å². The van der Waals surface area contributed by atoms with Crippen LogP contribution in [0.3, 0.4) is 0 Å². The second-order valence-corrected chi connectivity index (χ2v) is 5.27. The molecule has 3 N–H and O–H groups in total. The first-order valence-electron chi connectivity index (χ1n) is 6.84. The number of anilines is 1. The summed E-state index contributed by atoms with van der Waals surface area (Å²) in [7, 11) is 0. The number of aromatic amines is 1. The Morgan fingerprint density at radius 1 is 1.30 bits per heavy atom. The molecular formula is C15H18N4O. The van der Waals surface area contributed by atoms with E-state index in [1.807, 2.05) is 24.3 Å². The largest absolute Gasteiger partial charge is 0.345 e. The molecule has 0 spiro atoms. The number of nitrogens with one attached hydrogen (secondary N) is 3. The van der Waals surface area contributed by atoms with Crippen LogP contribution in [0.2, 0.25) is 0 Å². The Labute approximate surface area is 117 Å². The molecule has 5 nitrogen and oxygen atoms in total. The molecule has 2 heterocycles. The van der Waals surface area contributed by atoms with Crippen LogP contribution in [0.4, 0.5) is 5.69 Å². The Morgan fingerprint density at radius 3 is 2.70 bits per heavy atom. The molecule has 3 rings (SSSR count). The fourth-order valence-corrected chi connectivity index (χ4v) is 2.54. The molecule has 1 saturated heterocycles. The maximum absolute atomic E-state index is 12.2. The predicted octanol–water partition coefficient (Wildman–Crippen LogP) is 1.87. The lowest BCUT2D eigenvalue weighted by molar-refractivity contribution is -0.120. The summed E-state index contributed by atoms with van der Waals surface area (Å²) in [5, 5.41) is 6.23. The number of carbonyl (C=O) groups is 1. The minimum atomic E-state index is 0.0577. The van der Waals surface area contributed by atoms with E-state index in [1.54, 1.807) is 12.5 Å². The molecule has 5 heteroatoms. The first-order valence-corrected chi connectivity index (χ1v) is 6.84. The van der Waals surface area contributed by atoms with Crippen LogP contribution in [0.1, 0.15) is 6.92 Å². The molecule has 1 aromatic heterocycles. The Kier molecular flexibility index (Phi) is 3.52. The van der Waals surface area contributed by atoms with Gasteiger partial charge in [0, 0.05) is 12.2 Å². The average Bonchev–Trinajstić information content (AvgIpc) is 3.10. The van der Waals surface area contributed by atoms with E-state index in [9.17, 15) is 4.79 Å². The van der Waals surface area contributed by atoms with Crippen molar-refractivity contribution in [1.82, 2.24) is 15.3 Å². The highest BCUT2D eigenvalue weighted by molar-refractivity contribution is 5.93. The van der Waals surface area contributed by atoms with Crippen molar-refractivity contribution in [3.05, 3.63) is 36.8 Å². The van der Waals surface area contributed by atoms with Gasteiger partial charge in [0.1, 0.15) is 0 Å². The van der Waals surface area contributed by atoms with Gasteiger partial charge in [0.05, 0.1) is 24.1 Å². The third-order valence-corrected chi connectivity index (χ3v) is 3.82. The van der Waals surface area contributed by atoms with Gasteiger partial charge in [-0.3, -0.25) is 4.79 Å². The van der Waals surface area contributed by atoms with Crippen molar-refractivity contribution < 1.29 is 4.79 Å². The van der Waals surface area contributed by atoms with E-state index in [2.05, 4.69) is 27.5 Å². The van der Waals surface area contributed by atoms with Crippen molar-refractivity contribution >= 4 is 11.6 Å². The van der Waals surface area contributed by atoms with Crippen LogP contribution in [0, 0.1) is 11.8 Å². The first-order chi connectivity index (χ1) is 9.74. The zero-order valence-electron chi connectivity index (χ0n) is 11.4. The van der Waals surface area contributed by atoms with Crippen LogP contribution in [0.25, 0.3) is 11.3 Å². The molecule has 0 radical (unpaired) electrons. The Hall–Kier alpha value is -2.14. The van der Waals surface area contributed by atoms with Crippen LogP contribution in [-0.4, -0.2) is 29.0 Å². The number of nitrogens with zero attached hydrogens (tertiary/aromatic N) is 1. The SMILES string of the molecule is C[C@@H]1CNC[C@H]1C(=O)Nc1ccc(-c2cnc[nH]2)cc1. The van der Waals surface area contributed by atoms with Gasteiger partial charge in [0.25, 0.3) is 0 Å². The smallest absolute Gasteiger partial charge is 0.229 e. The van der Waals surface area contributed by atoms with Crippen molar-refractivity contribution in [3.63, 3.8) is 0 Å². The third kappa shape index (κ3) is 2.58. The molecule has 20 heavy (non-hydrogen) atoms. The van der Waals surface area contributed by atoms with Crippen molar-refractivity contribution in [2.24, 2.45) is 11.8 Å². The van der Waals surface area contributed by atoms with E-state index in [4.69, 9.17) is 0 Å². The monoisotopic (exact) mass is 270 g/mol. The van der Waals surface area contributed by atoms with Crippen LogP contribution >= 0.6 is 0 Å². The van der Waals surface area contributed by atoms with Gasteiger partial charge in [-0.2, -0.15) is 0 Å². The summed E-state index contributed by atoms with van der Waals surface area (Å²) < 4.78 is 0. The summed E-state index contributed by atoms with van der Waals surface area (Å²) in [5.41, 5.74) is 2.85. The lowest BCUT2D eigenvalue weighted by Gasteiger charge is -2.14. The molecule has 0 aliphatic carbocycles. The maximum atomic E-state index is 12.2. The van der Waals surface area contributed by atoms with E-state index in [0.29, 0.717) is 5.92 Å². The molecule has 1 fully saturated rings. The number of benzene rings is 1. The number of imidazole rings is 1. The van der Waals surface area contributed by atoms with Crippen LogP contribution in [0.15, 0.2) is 36.8 Å². The Balaban J connectivity index is 1.68. The van der Waals surface area contributed by atoms with E-state index in [1.165, 1.54) is 0 Å². The fraction of sp³-hybridized carbons (Fsp3) is 0.333. The van der Waals surface area contributed by atoms with Gasteiger partial charge in [0.15, 0.2) is 0 Å². The summed E-state index contributed by atoms with van der Waals surface area (Å²) >= 11 is 0. The van der Waals surface area contributed by atoms with E-state index in [-0.39, 0.29) is 11.8 Å². The van der Waals surface area contributed by atoms with Crippen LogP contribution < -0.4 is 10.6 Å². The Morgan fingerprint density at radius 2 is 2.10 bits per heavy atom. The van der Waals surface area contributed by atoms with Crippen molar-refractivity contribution in [2.75, 3.05) is 18.4 Å². The first kappa shape index (κ1) is 12.9. The number of H-pyrrole nitrogens is 1. The minimum Gasteiger partial charge on any atom is -0.345 e. The van der Waals surface area contributed by atoms with Gasteiger partial charge in [-0.05, 0) is 30.2 Å². The van der Waals surface area contributed by atoms with Gasteiger partial charge < -0.3 is 15.6 Å². The highest BCUT2D eigenvalue weighted by Gasteiger charge is 2.29. The predicted molar refractivity (Wildman–Crippen MR) is 78.2 cm³/mol. The molecule has 1 amide bonds. The third-order valence-electron chi connectivity index (χ3n) is 3.82. The number of rotatable bonds is 3. The zero-order chi connectivity index (χ0) is 13.9. The molecule has 1 aliphatic rings. The number of carbonyl (C=O) groups excluding carboxylic acids is 1. The van der Waals surface area contributed by atoms with Gasteiger partial charge >= 0.3 is 0 Å². The van der Waals surface area contributed by atoms with Crippen molar-refractivity contribution in [1.29, 1.82) is 0 Å². The molecule has 0 saturated carbocycles. The molecule has 104 valence electrons. The second kappa shape index (κ2) is 5.46. The summed E-state index contributed by atoms with van der Waals surface area (Å²) in [6.45, 7) is 3.78. The normalized spacial score (nSPS) is 21.9. The number of hydrogen-bond donors (Lipinski definition) is 3. The highest BCUT2D eigenvalue weighted by atomic mass is 16.1. The minimum absolute atomic E-state index is 0.0577. The molecule has 0 bridgehead atoms. The van der Waals surface area contributed by atoms with Gasteiger partial charge in [-0.15, -0.1) is 0 Å². The van der Waals surface area contributed by atoms with Gasteiger partial charge in [0.2, 0.25) is 5.91 Å². The quantitative estimate of drug-likeness (QED) is 0.797. The highest BCUT2D eigenvalue weighted by Crippen LogP contribution is 2.21. The molecule has 1 aliphatic heterocycles. The van der Waals surface area contributed by atoms with E-state index < -0.39 is 0 Å². The van der Waals surface area contributed by atoms with E-state index in [0.717, 1.165) is 30.0 Å². The zero-order valence-corrected chi connectivity index (χ0v) is 11.4. The average molecular weight is 270 g/mol. The van der Waals surface area contributed by atoms with Gasteiger partial charge in [-0.1, -0.05) is 19.1 Å². The van der Waals surface area contributed by atoms with Crippen LogP contribution in [-0.2, 0) is 4.79 Å². The van der Waals surface area contributed by atoms with Gasteiger partial charge in [-0.25, -0.2) is 4.98 Å². The number of amides is 1. The second-order valence-electron chi connectivity index (χ2n) is 5.27.